The van der Waals surface area contributed by atoms with E-state index in [1.165, 1.54) is 24.3 Å². The number of amides is 1. The van der Waals surface area contributed by atoms with Crippen LogP contribution in [0.25, 0.3) is 0 Å². The summed E-state index contributed by atoms with van der Waals surface area (Å²) in [7, 11) is 0. The molecule has 0 aliphatic heterocycles. The van der Waals surface area contributed by atoms with E-state index in [1.807, 2.05) is 0 Å². The number of benzene rings is 1. The Morgan fingerprint density at radius 1 is 1.16 bits per heavy atom. The second kappa shape index (κ2) is 7.08. The summed E-state index contributed by atoms with van der Waals surface area (Å²) in [5, 5.41) is 5.09. The molecular formula is C12H14F4N2O. The first-order valence-electron chi connectivity index (χ1n) is 5.70. The third kappa shape index (κ3) is 7.40. The molecule has 0 saturated heterocycles. The van der Waals surface area contributed by atoms with Crippen molar-refractivity contribution in [3.8, 4) is 0 Å². The zero-order valence-corrected chi connectivity index (χ0v) is 10.1. The first-order valence-corrected chi connectivity index (χ1v) is 5.70. The lowest BCUT2D eigenvalue weighted by Crippen LogP contribution is -2.29. The van der Waals surface area contributed by atoms with E-state index >= 15 is 0 Å². The van der Waals surface area contributed by atoms with Crippen LogP contribution in [0.3, 0.4) is 0 Å². The van der Waals surface area contributed by atoms with Crippen molar-refractivity contribution in [1.29, 1.82) is 0 Å². The number of carbonyl (C=O) groups is 1. The van der Waals surface area contributed by atoms with E-state index in [2.05, 4.69) is 10.6 Å². The number of carbonyl (C=O) groups excluding carboxylic acids is 1. The predicted octanol–water partition coefficient (Wildman–Crippen LogP) is 2.70. The Labute approximate surface area is 108 Å². The first kappa shape index (κ1) is 15.4. The largest absolute Gasteiger partial charge is 0.389 e. The van der Waals surface area contributed by atoms with E-state index in [4.69, 9.17) is 0 Å². The Balaban J connectivity index is 2.16. The van der Waals surface area contributed by atoms with Crippen LogP contribution in [0.1, 0.15) is 12.8 Å². The van der Waals surface area contributed by atoms with Gasteiger partial charge < -0.3 is 10.6 Å². The van der Waals surface area contributed by atoms with Gasteiger partial charge >= 0.3 is 6.18 Å². The van der Waals surface area contributed by atoms with Gasteiger partial charge in [0.25, 0.3) is 0 Å². The molecule has 0 aliphatic rings. The molecular weight excluding hydrogens is 264 g/mol. The van der Waals surface area contributed by atoms with Crippen LogP contribution in [-0.4, -0.2) is 25.2 Å². The quantitative estimate of drug-likeness (QED) is 0.620. The highest BCUT2D eigenvalue weighted by atomic mass is 19.4. The number of halogens is 4. The number of anilines is 1. The van der Waals surface area contributed by atoms with Gasteiger partial charge in [-0.1, -0.05) is 0 Å². The molecule has 19 heavy (non-hydrogen) atoms. The second-order valence-electron chi connectivity index (χ2n) is 3.95. The molecule has 0 fully saturated rings. The van der Waals surface area contributed by atoms with Crippen molar-refractivity contribution in [2.45, 2.75) is 19.0 Å². The normalized spacial score (nSPS) is 11.4. The Morgan fingerprint density at radius 3 is 2.37 bits per heavy atom. The van der Waals surface area contributed by atoms with Gasteiger partial charge in [-0.15, -0.1) is 0 Å². The van der Waals surface area contributed by atoms with E-state index in [1.54, 1.807) is 0 Å². The molecule has 1 rings (SSSR count). The van der Waals surface area contributed by atoms with E-state index in [-0.39, 0.29) is 19.5 Å². The summed E-state index contributed by atoms with van der Waals surface area (Å²) in [4.78, 5) is 11.4. The van der Waals surface area contributed by atoms with Gasteiger partial charge in [-0.05, 0) is 37.2 Å². The second-order valence-corrected chi connectivity index (χ2v) is 3.95. The monoisotopic (exact) mass is 278 g/mol. The molecule has 0 heterocycles. The van der Waals surface area contributed by atoms with Crippen LogP contribution in [-0.2, 0) is 4.79 Å². The Bertz CT molecular complexity index is 403. The highest BCUT2D eigenvalue weighted by molar-refractivity contribution is 5.92. The third-order valence-electron chi connectivity index (χ3n) is 2.23. The highest BCUT2D eigenvalue weighted by Gasteiger charge is 2.25. The molecule has 0 aliphatic carbocycles. The van der Waals surface area contributed by atoms with Crippen LogP contribution in [0.5, 0.6) is 0 Å². The van der Waals surface area contributed by atoms with E-state index in [9.17, 15) is 22.4 Å². The van der Waals surface area contributed by atoms with Crippen molar-refractivity contribution >= 4 is 11.6 Å². The Kier molecular flexibility index (Phi) is 5.75. The summed E-state index contributed by atoms with van der Waals surface area (Å²) in [6.45, 7) is 0.0194. The van der Waals surface area contributed by atoms with Crippen molar-refractivity contribution < 1.29 is 22.4 Å². The standard InChI is InChI=1S/C12H14F4N2O/c13-9-2-4-10(5-3-9)18-11(19)8-17-7-1-6-12(14,15)16/h2-5,17H,1,6-8H2,(H,18,19). The summed E-state index contributed by atoms with van der Waals surface area (Å²) in [5.41, 5.74) is 0.434. The molecule has 0 bridgehead atoms. The molecule has 1 amide bonds. The summed E-state index contributed by atoms with van der Waals surface area (Å²) in [5.74, 6) is -0.804. The van der Waals surface area contributed by atoms with Gasteiger partial charge in [0.15, 0.2) is 0 Å². The van der Waals surface area contributed by atoms with Crippen molar-refractivity contribution in [3.05, 3.63) is 30.1 Å². The fourth-order valence-corrected chi connectivity index (χ4v) is 1.35. The molecule has 0 spiro atoms. The highest BCUT2D eigenvalue weighted by Crippen LogP contribution is 2.20. The zero-order valence-electron chi connectivity index (χ0n) is 10.1. The van der Waals surface area contributed by atoms with Gasteiger partial charge in [-0.3, -0.25) is 4.79 Å². The zero-order chi connectivity index (χ0) is 14.3. The smallest absolute Gasteiger partial charge is 0.325 e. The summed E-state index contributed by atoms with van der Waals surface area (Å²) >= 11 is 0. The van der Waals surface area contributed by atoms with Crippen LogP contribution in [0, 0.1) is 5.82 Å². The van der Waals surface area contributed by atoms with Gasteiger partial charge in [0.05, 0.1) is 6.54 Å². The molecule has 1 aromatic carbocycles. The van der Waals surface area contributed by atoms with Crippen molar-refractivity contribution in [2.24, 2.45) is 0 Å². The number of hydrogen-bond donors (Lipinski definition) is 2. The lowest BCUT2D eigenvalue weighted by molar-refractivity contribution is -0.135. The van der Waals surface area contributed by atoms with Crippen LogP contribution in [0.4, 0.5) is 23.2 Å². The molecule has 3 nitrogen and oxygen atoms in total. The van der Waals surface area contributed by atoms with Crippen LogP contribution >= 0.6 is 0 Å². The average molecular weight is 278 g/mol. The van der Waals surface area contributed by atoms with Crippen LogP contribution in [0.15, 0.2) is 24.3 Å². The van der Waals surface area contributed by atoms with Crippen LogP contribution < -0.4 is 10.6 Å². The molecule has 0 radical (unpaired) electrons. The Morgan fingerprint density at radius 2 is 1.79 bits per heavy atom. The summed E-state index contributed by atoms with van der Waals surface area (Å²) < 4.78 is 48.1. The molecule has 7 heteroatoms. The molecule has 0 atom stereocenters. The molecule has 0 saturated carbocycles. The third-order valence-corrected chi connectivity index (χ3v) is 2.23. The van der Waals surface area contributed by atoms with Gasteiger partial charge in [0, 0.05) is 12.1 Å². The molecule has 0 aromatic heterocycles. The lowest BCUT2D eigenvalue weighted by atomic mass is 10.3. The van der Waals surface area contributed by atoms with Gasteiger partial charge in [-0.25, -0.2) is 4.39 Å². The molecule has 106 valence electrons. The number of rotatable bonds is 6. The van der Waals surface area contributed by atoms with Gasteiger partial charge in [-0.2, -0.15) is 13.2 Å². The summed E-state index contributed by atoms with van der Waals surface area (Å²) in [6, 6.07) is 5.20. The maximum absolute atomic E-state index is 12.6. The number of alkyl halides is 3. The van der Waals surface area contributed by atoms with E-state index in [0.717, 1.165) is 0 Å². The van der Waals surface area contributed by atoms with E-state index < -0.39 is 24.3 Å². The number of hydrogen-bond acceptors (Lipinski definition) is 2. The molecule has 0 unspecified atom stereocenters. The van der Waals surface area contributed by atoms with Crippen LogP contribution in [0.2, 0.25) is 0 Å². The predicted molar refractivity (Wildman–Crippen MR) is 63.2 cm³/mol. The minimum Gasteiger partial charge on any atom is -0.325 e. The molecule has 2 N–H and O–H groups in total. The average Bonchev–Trinajstić information content (AvgIpc) is 2.30. The van der Waals surface area contributed by atoms with Gasteiger partial charge in [0.2, 0.25) is 5.91 Å². The fourth-order valence-electron chi connectivity index (χ4n) is 1.35. The lowest BCUT2D eigenvalue weighted by Gasteiger charge is -2.08. The minimum atomic E-state index is -4.17. The topological polar surface area (TPSA) is 41.1 Å². The first-order chi connectivity index (χ1) is 8.87. The maximum Gasteiger partial charge on any atom is 0.389 e. The van der Waals surface area contributed by atoms with Crippen molar-refractivity contribution in [2.75, 3.05) is 18.4 Å². The summed E-state index contributed by atoms with van der Waals surface area (Å²) in [6.07, 6.45) is -5.12. The van der Waals surface area contributed by atoms with Crippen molar-refractivity contribution in [3.63, 3.8) is 0 Å². The number of nitrogens with one attached hydrogen (secondary N) is 2. The maximum atomic E-state index is 12.6. The SMILES string of the molecule is O=C(CNCCCC(F)(F)F)Nc1ccc(F)cc1. The van der Waals surface area contributed by atoms with Gasteiger partial charge in [0.1, 0.15) is 5.82 Å². The van der Waals surface area contributed by atoms with Crippen molar-refractivity contribution in [1.82, 2.24) is 5.32 Å². The molecule has 1 aromatic rings. The fraction of sp³-hybridized carbons (Fsp3) is 0.417. The van der Waals surface area contributed by atoms with E-state index in [0.29, 0.717) is 5.69 Å². The minimum absolute atomic E-state index is 0.0761. The Hall–Kier alpha value is -1.63.